The zero-order valence-corrected chi connectivity index (χ0v) is 17.2. The molecule has 0 atom stereocenters. The summed E-state index contributed by atoms with van der Waals surface area (Å²) in [4.78, 5) is 0.138. The zero-order valence-electron chi connectivity index (χ0n) is 16.4. The highest BCUT2D eigenvalue weighted by molar-refractivity contribution is 7.90. The van der Waals surface area contributed by atoms with Crippen molar-refractivity contribution in [2.24, 2.45) is 4.40 Å². The summed E-state index contributed by atoms with van der Waals surface area (Å²) in [5, 5.41) is 0. The van der Waals surface area contributed by atoms with Crippen molar-refractivity contribution in [3.8, 4) is 5.75 Å². The third-order valence-corrected chi connectivity index (χ3v) is 5.62. The van der Waals surface area contributed by atoms with Gasteiger partial charge in [-0.1, -0.05) is 60.2 Å². The van der Waals surface area contributed by atoms with Gasteiger partial charge < -0.3 is 9.47 Å². The van der Waals surface area contributed by atoms with E-state index in [1.165, 1.54) is 0 Å². The minimum atomic E-state index is -3.88. The van der Waals surface area contributed by atoms with E-state index >= 15 is 0 Å². The average molecular weight is 410 g/mol. The minimum absolute atomic E-state index is 0.138. The number of aryl methyl sites for hydroxylation is 1. The zero-order chi connectivity index (χ0) is 20.7. The van der Waals surface area contributed by atoms with Crippen molar-refractivity contribution in [1.82, 2.24) is 0 Å². The Labute approximate surface area is 171 Å². The van der Waals surface area contributed by atoms with Crippen LogP contribution >= 0.6 is 0 Å². The van der Waals surface area contributed by atoms with Crippen molar-refractivity contribution in [3.05, 3.63) is 95.6 Å². The second-order valence-corrected chi connectivity index (χ2v) is 8.18. The summed E-state index contributed by atoms with van der Waals surface area (Å²) in [6, 6.07) is 23.5. The number of nitrogens with zero attached hydrogens (tertiary/aromatic N) is 1. The average Bonchev–Trinajstić information content (AvgIpc) is 2.73. The van der Waals surface area contributed by atoms with Gasteiger partial charge in [-0.2, -0.15) is 8.42 Å². The Hall–Kier alpha value is -3.12. The molecular weight excluding hydrogens is 386 g/mol. The molecule has 0 radical (unpaired) electrons. The van der Waals surface area contributed by atoms with E-state index in [4.69, 9.17) is 9.47 Å². The highest BCUT2D eigenvalue weighted by Gasteiger charge is 2.16. The summed E-state index contributed by atoms with van der Waals surface area (Å²) in [5.74, 6) is 0.865. The summed E-state index contributed by atoms with van der Waals surface area (Å²) in [7, 11) is -2.28. The van der Waals surface area contributed by atoms with Crippen LogP contribution in [0.3, 0.4) is 0 Å². The number of ether oxygens (including phenoxy) is 2. The molecule has 6 heteroatoms. The summed E-state index contributed by atoms with van der Waals surface area (Å²) in [5.41, 5.74) is 2.78. The molecule has 150 valence electrons. The van der Waals surface area contributed by atoms with E-state index in [0.29, 0.717) is 0 Å². The predicted octanol–water partition coefficient (Wildman–Crippen LogP) is 4.55. The Morgan fingerprint density at radius 3 is 2.14 bits per heavy atom. The van der Waals surface area contributed by atoms with Gasteiger partial charge in [0.2, 0.25) is 5.90 Å². The molecular formula is C23H23NO4S. The van der Waals surface area contributed by atoms with Crippen LogP contribution in [-0.2, 0) is 27.8 Å². The molecule has 0 aliphatic heterocycles. The Morgan fingerprint density at radius 1 is 0.862 bits per heavy atom. The quantitative estimate of drug-likeness (QED) is 0.424. The van der Waals surface area contributed by atoms with Crippen molar-refractivity contribution in [3.63, 3.8) is 0 Å². The molecule has 0 heterocycles. The molecule has 0 bridgehead atoms. The molecule has 0 saturated heterocycles. The SMILES string of the molecule is COc1ccc(C/C(=N\S(=O)(=O)c2ccc(C)cc2)OCc2ccccc2)cc1. The third kappa shape index (κ3) is 5.93. The Balaban J connectivity index is 1.87. The highest BCUT2D eigenvalue weighted by atomic mass is 32.2. The Morgan fingerprint density at radius 2 is 1.52 bits per heavy atom. The van der Waals surface area contributed by atoms with E-state index in [9.17, 15) is 8.42 Å². The summed E-state index contributed by atoms with van der Waals surface area (Å²) >= 11 is 0. The van der Waals surface area contributed by atoms with Crippen LogP contribution in [0.2, 0.25) is 0 Å². The van der Waals surface area contributed by atoms with Gasteiger partial charge in [-0.25, -0.2) is 0 Å². The fourth-order valence-corrected chi connectivity index (χ4v) is 3.64. The number of hydrogen-bond donors (Lipinski definition) is 0. The molecule has 5 nitrogen and oxygen atoms in total. The van der Waals surface area contributed by atoms with Gasteiger partial charge in [-0.3, -0.25) is 0 Å². The van der Waals surface area contributed by atoms with Gasteiger partial charge in [-0.15, -0.1) is 4.40 Å². The first-order chi connectivity index (χ1) is 14.0. The van der Waals surface area contributed by atoms with Crippen molar-refractivity contribution in [2.45, 2.75) is 24.8 Å². The van der Waals surface area contributed by atoms with E-state index in [0.717, 1.165) is 22.4 Å². The number of rotatable bonds is 7. The normalized spacial score (nSPS) is 11.9. The fraction of sp³-hybridized carbons (Fsp3) is 0.174. The first-order valence-corrected chi connectivity index (χ1v) is 10.6. The molecule has 0 fully saturated rings. The molecule has 0 spiro atoms. The van der Waals surface area contributed by atoms with Crippen molar-refractivity contribution < 1.29 is 17.9 Å². The standard InChI is InChI=1S/C23H23NO4S/c1-18-8-14-22(15-9-18)29(25,26)24-23(28-17-20-6-4-3-5-7-20)16-19-10-12-21(27-2)13-11-19/h3-15H,16-17H2,1-2H3/b24-23+. The molecule has 0 aliphatic rings. The predicted molar refractivity (Wildman–Crippen MR) is 114 cm³/mol. The molecule has 3 aromatic rings. The number of hydrogen-bond acceptors (Lipinski definition) is 4. The van der Waals surface area contributed by atoms with Gasteiger partial charge in [0.25, 0.3) is 10.0 Å². The molecule has 0 saturated carbocycles. The number of methoxy groups -OCH3 is 1. The summed E-state index contributed by atoms with van der Waals surface area (Å²) < 4.78 is 40.5. The second-order valence-electron chi connectivity index (χ2n) is 6.57. The van der Waals surface area contributed by atoms with Gasteiger partial charge in [0.05, 0.1) is 12.0 Å². The molecule has 3 aromatic carbocycles. The van der Waals surface area contributed by atoms with Crippen LogP contribution in [0.1, 0.15) is 16.7 Å². The Kier molecular flexibility index (Phi) is 6.67. The molecule has 3 rings (SSSR count). The van der Waals surface area contributed by atoms with E-state index in [1.54, 1.807) is 31.4 Å². The van der Waals surface area contributed by atoms with Crippen molar-refractivity contribution >= 4 is 15.9 Å². The van der Waals surface area contributed by atoms with Crippen LogP contribution < -0.4 is 4.74 Å². The molecule has 0 aromatic heterocycles. The van der Waals surface area contributed by atoms with Crippen LogP contribution in [0.5, 0.6) is 5.75 Å². The van der Waals surface area contributed by atoms with Crippen molar-refractivity contribution in [1.29, 1.82) is 0 Å². The van der Waals surface area contributed by atoms with E-state index in [1.807, 2.05) is 61.5 Å². The van der Waals surface area contributed by atoms with Crippen LogP contribution in [0.25, 0.3) is 0 Å². The first-order valence-electron chi connectivity index (χ1n) is 9.16. The smallest absolute Gasteiger partial charge is 0.285 e. The fourth-order valence-electron chi connectivity index (χ4n) is 2.67. The van der Waals surface area contributed by atoms with Gasteiger partial charge in [0.1, 0.15) is 12.4 Å². The highest BCUT2D eigenvalue weighted by Crippen LogP contribution is 2.17. The maximum absolute atomic E-state index is 12.8. The number of sulfonamides is 1. The Bertz CT molecular complexity index is 1060. The monoisotopic (exact) mass is 409 g/mol. The van der Waals surface area contributed by atoms with Crippen LogP contribution in [0, 0.1) is 6.92 Å². The lowest BCUT2D eigenvalue weighted by molar-refractivity contribution is 0.286. The minimum Gasteiger partial charge on any atom is -0.497 e. The molecule has 29 heavy (non-hydrogen) atoms. The molecule has 0 N–H and O–H groups in total. The summed E-state index contributed by atoms with van der Waals surface area (Å²) in [6.07, 6.45) is 0.252. The maximum atomic E-state index is 12.8. The van der Waals surface area contributed by atoms with Crippen LogP contribution in [0.4, 0.5) is 0 Å². The maximum Gasteiger partial charge on any atom is 0.285 e. The first kappa shape index (κ1) is 20.6. The molecule has 0 aliphatic carbocycles. The molecule has 0 unspecified atom stereocenters. The lowest BCUT2D eigenvalue weighted by atomic mass is 10.1. The lowest BCUT2D eigenvalue weighted by Crippen LogP contribution is -2.12. The van der Waals surface area contributed by atoms with E-state index < -0.39 is 10.0 Å². The van der Waals surface area contributed by atoms with Crippen LogP contribution in [-0.4, -0.2) is 21.4 Å². The van der Waals surface area contributed by atoms with Crippen LogP contribution in [0.15, 0.2) is 88.2 Å². The topological polar surface area (TPSA) is 65.0 Å². The molecule has 0 amide bonds. The largest absolute Gasteiger partial charge is 0.497 e. The van der Waals surface area contributed by atoms with E-state index in [2.05, 4.69) is 4.40 Å². The van der Waals surface area contributed by atoms with Gasteiger partial charge in [0.15, 0.2) is 0 Å². The van der Waals surface area contributed by atoms with Crippen molar-refractivity contribution in [2.75, 3.05) is 7.11 Å². The lowest BCUT2D eigenvalue weighted by Gasteiger charge is -2.11. The van der Waals surface area contributed by atoms with Gasteiger partial charge in [-0.05, 0) is 42.3 Å². The van der Waals surface area contributed by atoms with E-state index in [-0.39, 0.29) is 23.8 Å². The van der Waals surface area contributed by atoms with Gasteiger partial charge in [0, 0.05) is 6.42 Å². The second kappa shape index (κ2) is 9.39. The third-order valence-electron chi connectivity index (χ3n) is 4.30. The number of benzene rings is 3. The summed E-state index contributed by atoms with van der Waals surface area (Å²) in [6.45, 7) is 2.14. The van der Waals surface area contributed by atoms with Gasteiger partial charge >= 0.3 is 0 Å².